The van der Waals surface area contributed by atoms with E-state index in [4.69, 9.17) is 4.74 Å². The van der Waals surface area contributed by atoms with Crippen LogP contribution in [0.25, 0.3) is 6.08 Å². The second-order valence-electron chi connectivity index (χ2n) is 7.09. The molecule has 0 saturated heterocycles. The number of benzene rings is 1. The fourth-order valence-electron chi connectivity index (χ4n) is 4.10. The van der Waals surface area contributed by atoms with Gasteiger partial charge in [-0.3, -0.25) is 14.9 Å². The Bertz CT molecular complexity index is 821. The molecule has 0 fully saturated rings. The maximum atomic E-state index is 5.43. The van der Waals surface area contributed by atoms with Crippen LogP contribution in [-0.4, -0.2) is 41.6 Å². The van der Waals surface area contributed by atoms with E-state index in [1.54, 1.807) is 19.5 Å². The molecule has 1 aliphatic heterocycles. The van der Waals surface area contributed by atoms with Crippen LogP contribution >= 0.6 is 0 Å². The first-order chi connectivity index (χ1) is 12.8. The average molecular weight is 347 g/mol. The van der Waals surface area contributed by atoms with E-state index in [9.17, 15) is 0 Å². The van der Waals surface area contributed by atoms with Gasteiger partial charge in [0.15, 0.2) is 0 Å². The lowest BCUT2D eigenvalue weighted by Crippen LogP contribution is -2.22. The summed E-state index contributed by atoms with van der Waals surface area (Å²) < 4.78 is 5.43. The Hall–Kier alpha value is -2.46. The fourth-order valence-corrected chi connectivity index (χ4v) is 4.10. The molecule has 1 aromatic heterocycles. The predicted molar refractivity (Wildman–Crippen MR) is 104 cm³/mol. The van der Waals surface area contributed by atoms with Crippen molar-refractivity contribution in [2.45, 2.75) is 25.2 Å². The van der Waals surface area contributed by atoms with Crippen LogP contribution in [0.3, 0.4) is 0 Å². The van der Waals surface area contributed by atoms with Crippen LogP contribution in [0.15, 0.2) is 54.5 Å². The number of fused-ring (bicyclic) bond motifs is 1. The smallest absolute Gasteiger partial charge is 0.119 e. The molecule has 0 N–H and O–H groups in total. The Balaban J connectivity index is 1.62. The Morgan fingerprint density at radius 1 is 1.23 bits per heavy atom. The van der Waals surface area contributed by atoms with Crippen molar-refractivity contribution in [1.82, 2.24) is 14.9 Å². The number of hydrogen-bond acceptors (Lipinski definition) is 4. The van der Waals surface area contributed by atoms with Crippen LogP contribution in [0.5, 0.6) is 5.75 Å². The monoisotopic (exact) mass is 347 g/mol. The number of hydrogen-bond donors (Lipinski definition) is 0. The molecule has 1 aliphatic carbocycles. The summed E-state index contributed by atoms with van der Waals surface area (Å²) in [6.07, 6.45) is 13.4. The minimum atomic E-state index is 0.293. The summed E-state index contributed by atoms with van der Waals surface area (Å²) in [5.74, 6) is 1.56. The minimum absolute atomic E-state index is 0.293. The lowest BCUT2D eigenvalue weighted by molar-refractivity contribution is 0.353. The number of rotatable bonds is 6. The van der Waals surface area contributed by atoms with Gasteiger partial charge in [0, 0.05) is 50.1 Å². The van der Waals surface area contributed by atoms with Gasteiger partial charge in [0.05, 0.1) is 12.8 Å². The van der Waals surface area contributed by atoms with E-state index in [0.717, 1.165) is 37.5 Å². The summed E-state index contributed by atoms with van der Waals surface area (Å²) >= 11 is 0. The molecule has 2 aromatic rings. The van der Waals surface area contributed by atoms with E-state index in [0.29, 0.717) is 11.8 Å². The molecule has 0 spiro atoms. The van der Waals surface area contributed by atoms with E-state index in [1.807, 2.05) is 6.20 Å². The molecule has 0 bridgehead atoms. The number of ether oxygens (including phenoxy) is 1. The summed E-state index contributed by atoms with van der Waals surface area (Å²) in [6.45, 7) is 5.49. The van der Waals surface area contributed by atoms with Gasteiger partial charge in [-0.1, -0.05) is 36.8 Å². The molecule has 2 heterocycles. The highest BCUT2D eigenvalue weighted by Gasteiger charge is 2.31. The van der Waals surface area contributed by atoms with Crippen molar-refractivity contribution < 1.29 is 4.74 Å². The molecule has 4 rings (SSSR count). The van der Waals surface area contributed by atoms with Crippen molar-refractivity contribution in [3.8, 4) is 5.75 Å². The van der Waals surface area contributed by atoms with Gasteiger partial charge in [-0.25, -0.2) is 0 Å². The third kappa shape index (κ3) is 3.29. The van der Waals surface area contributed by atoms with Crippen molar-refractivity contribution in [3.05, 3.63) is 71.3 Å². The molecule has 1 aromatic carbocycles. The summed E-state index contributed by atoms with van der Waals surface area (Å²) in [5.41, 5.74) is 5.19. The second-order valence-corrected chi connectivity index (χ2v) is 7.09. The van der Waals surface area contributed by atoms with Gasteiger partial charge in [0.2, 0.25) is 0 Å². The summed E-state index contributed by atoms with van der Waals surface area (Å²) in [7, 11) is 1.72. The zero-order chi connectivity index (χ0) is 17.9. The van der Waals surface area contributed by atoms with Crippen LogP contribution in [0, 0.1) is 0 Å². The first kappa shape index (κ1) is 17.0. The SMILES string of the molecule is COc1ccc2c(c1)C=C(CCN1CC=CC1)C2C(C)c1cnccn1. The summed E-state index contributed by atoms with van der Waals surface area (Å²) in [5, 5.41) is 0. The molecular formula is C22H25N3O. The Labute approximate surface area is 155 Å². The van der Waals surface area contributed by atoms with E-state index < -0.39 is 0 Å². The van der Waals surface area contributed by atoms with Crippen molar-refractivity contribution in [2.75, 3.05) is 26.7 Å². The molecule has 0 amide bonds. The molecule has 0 radical (unpaired) electrons. The van der Waals surface area contributed by atoms with E-state index >= 15 is 0 Å². The second kappa shape index (κ2) is 7.42. The van der Waals surface area contributed by atoms with Gasteiger partial charge in [-0.15, -0.1) is 0 Å². The van der Waals surface area contributed by atoms with Gasteiger partial charge in [0.1, 0.15) is 5.75 Å². The maximum absolute atomic E-state index is 5.43. The van der Waals surface area contributed by atoms with E-state index in [2.05, 4.69) is 58.2 Å². The largest absolute Gasteiger partial charge is 0.497 e. The molecule has 0 saturated carbocycles. The maximum Gasteiger partial charge on any atom is 0.119 e. The Morgan fingerprint density at radius 2 is 2.08 bits per heavy atom. The molecular weight excluding hydrogens is 322 g/mol. The standard InChI is InChI=1S/C22H25N3O/c1-16(21-15-23-8-9-24-21)22-17(7-12-25-10-3-4-11-25)13-18-14-19(26-2)5-6-20(18)22/h3-6,8-9,13-16,22H,7,10-12H2,1-2H3. The Kier molecular flexibility index (Phi) is 4.85. The molecule has 26 heavy (non-hydrogen) atoms. The minimum Gasteiger partial charge on any atom is -0.497 e. The molecule has 4 heteroatoms. The molecule has 4 nitrogen and oxygen atoms in total. The lowest BCUT2D eigenvalue weighted by Gasteiger charge is -2.25. The normalized spacial score (nSPS) is 20.1. The summed E-state index contributed by atoms with van der Waals surface area (Å²) in [4.78, 5) is 11.3. The molecule has 2 aliphatic rings. The highest BCUT2D eigenvalue weighted by Crippen LogP contribution is 2.46. The first-order valence-electron chi connectivity index (χ1n) is 9.28. The van der Waals surface area contributed by atoms with E-state index in [1.165, 1.54) is 16.7 Å². The predicted octanol–water partition coefficient (Wildman–Crippen LogP) is 4.03. The lowest BCUT2D eigenvalue weighted by atomic mass is 9.81. The highest BCUT2D eigenvalue weighted by atomic mass is 16.5. The van der Waals surface area contributed by atoms with Crippen LogP contribution in [0.1, 0.15) is 42.0 Å². The van der Waals surface area contributed by atoms with Crippen molar-refractivity contribution in [3.63, 3.8) is 0 Å². The number of aromatic nitrogens is 2. The number of nitrogens with zero attached hydrogens (tertiary/aromatic N) is 3. The third-order valence-corrected chi connectivity index (χ3v) is 5.53. The number of methoxy groups -OCH3 is 1. The van der Waals surface area contributed by atoms with Crippen LogP contribution in [-0.2, 0) is 0 Å². The van der Waals surface area contributed by atoms with Gasteiger partial charge >= 0.3 is 0 Å². The molecule has 2 unspecified atom stereocenters. The van der Waals surface area contributed by atoms with Gasteiger partial charge in [-0.05, 0) is 29.7 Å². The highest BCUT2D eigenvalue weighted by molar-refractivity contribution is 5.68. The fraction of sp³-hybridized carbons (Fsp3) is 0.364. The van der Waals surface area contributed by atoms with Crippen LogP contribution in [0.2, 0.25) is 0 Å². The molecule has 2 atom stereocenters. The zero-order valence-electron chi connectivity index (χ0n) is 15.4. The van der Waals surface area contributed by atoms with Crippen molar-refractivity contribution in [1.29, 1.82) is 0 Å². The van der Waals surface area contributed by atoms with Gasteiger partial charge < -0.3 is 4.74 Å². The topological polar surface area (TPSA) is 38.2 Å². The van der Waals surface area contributed by atoms with Crippen LogP contribution in [0.4, 0.5) is 0 Å². The Morgan fingerprint density at radius 3 is 2.81 bits per heavy atom. The zero-order valence-corrected chi connectivity index (χ0v) is 15.4. The average Bonchev–Trinajstić information content (AvgIpc) is 3.33. The third-order valence-electron chi connectivity index (χ3n) is 5.53. The van der Waals surface area contributed by atoms with E-state index in [-0.39, 0.29) is 0 Å². The molecule has 134 valence electrons. The van der Waals surface area contributed by atoms with Crippen LogP contribution < -0.4 is 4.74 Å². The van der Waals surface area contributed by atoms with Gasteiger partial charge in [-0.2, -0.15) is 0 Å². The first-order valence-corrected chi connectivity index (χ1v) is 9.28. The quantitative estimate of drug-likeness (QED) is 0.740. The summed E-state index contributed by atoms with van der Waals surface area (Å²) in [6, 6.07) is 6.43. The van der Waals surface area contributed by atoms with Gasteiger partial charge in [0.25, 0.3) is 0 Å². The van der Waals surface area contributed by atoms with Crippen molar-refractivity contribution >= 4 is 6.08 Å². The van der Waals surface area contributed by atoms with Crippen molar-refractivity contribution in [2.24, 2.45) is 0 Å².